The zero-order valence-corrected chi connectivity index (χ0v) is 11.9. The van der Waals surface area contributed by atoms with Crippen LogP contribution in [0.15, 0.2) is 24.3 Å². The Kier molecular flexibility index (Phi) is 4.87. The van der Waals surface area contributed by atoms with Crippen molar-refractivity contribution in [2.45, 2.75) is 18.6 Å². The highest BCUT2D eigenvalue weighted by atomic mass is 32.2. The molecule has 9 heteroatoms. The summed E-state index contributed by atoms with van der Waals surface area (Å²) in [5, 5.41) is 3.14. The Hall–Kier alpha value is -1.16. The Morgan fingerprint density at radius 1 is 1.24 bits per heavy atom. The summed E-state index contributed by atoms with van der Waals surface area (Å²) in [6.07, 6.45) is -3.74. The van der Waals surface area contributed by atoms with Gasteiger partial charge in [-0.05, 0) is 24.1 Å². The minimum absolute atomic E-state index is 0.00972. The van der Waals surface area contributed by atoms with Crippen molar-refractivity contribution in [3.05, 3.63) is 35.4 Å². The number of benzene rings is 1. The number of hydrogen-bond donors (Lipinski definition) is 3. The number of hydrogen-bond acceptors (Lipinski definition) is 3. The first-order valence-electron chi connectivity index (χ1n) is 6.39. The maximum absolute atomic E-state index is 12.0. The summed E-state index contributed by atoms with van der Waals surface area (Å²) < 4.78 is 62.6. The maximum atomic E-state index is 12.0. The van der Waals surface area contributed by atoms with Crippen molar-refractivity contribution in [3.8, 4) is 0 Å². The van der Waals surface area contributed by atoms with Crippen molar-refractivity contribution in [1.29, 1.82) is 0 Å². The molecule has 0 spiro atoms. The Morgan fingerprint density at radius 2 is 1.95 bits per heavy atom. The first-order chi connectivity index (χ1) is 9.77. The summed E-state index contributed by atoms with van der Waals surface area (Å²) in [6.45, 7) is -0.902. The van der Waals surface area contributed by atoms with E-state index in [0.717, 1.165) is 17.5 Å². The largest absolute Gasteiger partial charge is 0.402 e. The summed E-state index contributed by atoms with van der Waals surface area (Å²) >= 11 is 0. The number of rotatable bonds is 5. The molecule has 1 atom stereocenters. The summed E-state index contributed by atoms with van der Waals surface area (Å²) in [6, 6.07) is 7.33. The average Bonchev–Trinajstić information content (AvgIpc) is 2.42. The van der Waals surface area contributed by atoms with E-state index in [9.17, 15) is 21.6 Å². The van der Waals surface area contributed by atoms with Gasteiger partial charge in [-0.3, -0.25) is 0 Å². The molecule has 1 aromatic rings. The Balaban J connectivity index is 1.95. The molecule has 118 valence electrons. The summed E-state index contributed by atoms with van der Waals surface area (Å²) in [5.41, 5.74) is 2.07. The minimum Gasteiger partial charge on any atom is -0.308 e. The van der Waals surface area contributed by atoms with Gasteiger partial charge < -0.3 is 5.32 Å². The lowest BCUT2D eigenvalue weighted by molar-refractivity contribution is -0.121. The first kappa shape index (κ1) is 16.2. The third-order valence-corrected chi connectivity index (χ3v) is 4.23. The molecule has 0 radical (unpaired) electrons. The molecule has 0 fully saturated rings. The van der Waals surface area contributed by atoms with Gasteiger partial charge in [0.05, 0.1) is 0 Å². The second-order valence-electron chi connectivity index (χ2n) is 4.74. The van der Waals surface area contributed by atoms with E-state index in [2.05, 4.69) is 10.0 Å². The van der Waals surface area contributed by atoms with Crippen molar-refractivity contribution in [2.75, 3.05) is 19.6 Å². The number of alkyl halides is 3. The van der Waals surface area contributed by atoms with E-state index in [4.69, 9.17) is 0 Å². The lowest BCUT2D eigenvalue weighted by atomic mass is 9.95. The second-order valence-corrected chi connectivity index (χ2v) is 6.33. The molecule has 1 aliphatic rings. The molecule has 1 unspecified atom stereocenters. The van der Waals surface area contributed by atoms with Crippen LogP contribution in [0.25, 0.3) is 0 Å². The third kappa shape index (κ3) is 4.95. The van der Waals surface area contributed by atoms with E-state index < -0.39 is 22.9 Å². The van der Waals surface area contributed by atoms with Gasteiger partial charge >= 0.3 is 6.18 Å². The van der Waals surface area contributed by atoms with Gasteiger partial charge in [0.25, 0.3) is 10.2 Å². The molecule has 1 heterocycles. The van der Waals surface area contributed by atoms with Gasteiger partial charge in [0.1, 0.15) is 6.54 Å². The van der Waals surface area contributed by atoms with Crippen LogP contribution in [0.5, 0.6) is 0 Å². The van der Waals surface area contributed by atoms with Crippen LogP contribution in [0.3, 0.4) is 0 Å². The van der Waals surface area contributed by atoms with Gasteiger partial charge in [-0.1, -0.05) is 24.3 Å². The second kappa shape index (κ2) is 6.30. The van der Waals surface area contributed by atoms with Gasteiger partial charge in [-0.2, -0.15) is 26.3 Å². The van der Waals surface area contributed by atoms with E-state index in [1.54, 1.807) is 0 Å². The van der Waals surface area contributed by atoms with Crippen LogP contribution in [0.2, 0.25) is 0 Å². The number of halogens is 3. The van der Waals surface area contributed by atoms with Crippen LogP contribution in [0.1, 0.15) is 17.2 Å². The fraction of sp³-hybridized carbons (Fsp3) is 0.500. The fourth-order valence-corrected chi connectivity index (χ4v) is 3.04. The molecule has 0 aromatic heterocycles. The Morgan fingerprint density at radius 3 is 2.67 bits per heavy atom. The molecule has 3 N–H and O–H groups in total. The summed E-state index contributed by atoms with van der Waals surface area (Å²) in [5.74, 6) is 0. The predicted octanol–water partition coefficient (Wildman–Crippen LogP) is 0.860. The van der Waals surface area contributed by atoms with Crippen LogP contribution >= 0.6 is 0 Å². The molecule has 5 nitrogen and oxygen atoms in total. The highest BCUT2D eigenvalue weighted by molar-refractivity contribution is 7.87. The Labute approximate surface area is 121 Å². The topological polar surface area (TPSA) is 70.2 Å². The monoisotopic (exact) mass is 323 g/mol. The molecule has 0 aliphatic carbocycles. The molecule has 2 rings (SSSR count). The molecule has 21 heavy (non-hydrogen) atoms. The maximum Gasteiger partial charge on any atom is 0.402 e. The van der Waals surface area contributed by atoms with Crippen LogP contribution in [0.4, 0.5) is 13.2 Å². The highest BCUT2D eigenvalue weighted by Gasteiger charge is 2.30. The number of fused-ring (bicyclic) bond motifs is 1. The Bertz CT molecular complexity index is 590. The highest BCUT2D eigenvalue weighted by Crippen LogP contribution is 2.22. The first-order valence-corrected chi connectivity index (χ1v) is 7.87. The van der Waals surface area contributed by atoms with Crippen LogP contribution in [0, 0.1) is 0 Å². The van der Waals surface area contributed by atoms with E-state index >= 15 is 0 Å². The zero-order valence-electron chi connectivity index (χ0n) is 11.1. The SMILES string of the molecule is O=S(=O)(NCC1NCCc2ccccc21)NCC(F)(F)F. The third-order valence-electron chi connectivity index (χ3n) is 3.16. The van der Waals surface area contributed by atoms with Crippen molar-refractivity contribution in [3.63, 3.8) is 0 Å². The molecular formula is C12H16F3N3O2S. The molecule has 0 saturated heterocycles. The summed E-state index contributed by atoms with van der Waals surface area (Å²) in [4.78, 5) is 0. The van der Waals surface area contributed by atoms with Gasteiger partial charge in [0.2, 0.25) is 0 Å². The quantitative estimate of drug-likeness (QED) is 0.753. The van der Waals surface area contributed by atoms with Crippen molar-refractivity contribution >= 4 is 10.2 Å². The standard InChI is InChI=1S/C12H16F3N3O2S/c13-12(14,15)8-18-21(19,20)17-7-11-10-4-2-1-3-9(10)5-6-16-11/h1-4,11,16-18H,5-8H2. The van der Waals surface area contributed by atoms with Gasteiger partial charge in [0, 0.05) is 12.6 Å². The lowest BCUT2D eigenvalue weighted by Crippen LogP contribution is -2.45. The van der Waals surface area contributed by atoms with Gasteiger partial charge in [0.15, 0.2) is 0 Å². The number of nitrogens with one attached hydrogen (secondary N) is 3. The van der Waals surface area contributed by atoms with Crippen LogP contribution in [-0.2, 0) is 16.6 Å². The molecular weight excluding hydrogens is 307 g/mol. The molecule has 0 bridgehead atoms. The van der Waals surface area contributed by atoms with E-state index in [-0.39, 0.29) is 12.6 Å². The van der Waals surface area contributed by atoms with Crippen molar-refractivity contribution in [2.24, 2.45) is 0 Å². The molecule has 1 aromatic carbocycles. The fourth-order valence-electron chi connectivity index (χ4n) is 2.20. The molecule has 0 saturated carbocycles. The molecule has 1 aliphatic heterocycles. The van der Waals surface area contributed by atoms with E-state index in [0.29, 0.717) is 6.54 Å². The normalized spacial score (nSPS) is 19.3. The lowest BCUT2D eigenvalue weighted by Gasteiger charge is -2.27. The average molecular weight is 323 g/mol. The van der Waals surface area contributed by atoms with E-state index in [1.165, 1.54) is 4.72 Å². The van der Waals surface area contributed by atoms with Crippen molar-refractivity contribution < 1.29 is 21.6 Å². The van der Waals surface area contributed by atoms with E-state index in [1.807, 2.05) is 24.3 Å². The van der Waals surface area contributed by atoms with Gasteiger partial charge in [-0.25, -0.2) is 4.72 Å². The van der Waals surface area contributed by atoms with Crippen molar-refractivity contribution in [1.82, 2.24) is 14.8 Å². The smallest absolute Gasteiger partial charge is 0.308 e. The van der Waals surface area contributed by atoms with Gasteiger partial charge in [-0.15, -0.1) is 0 Å². The summed E-state index contributed by atoms with van der Waals surface area (Å²) in [7, 11) is -4.18. The van der Waals surface area contributed by atoms with Crippen LogP contribution in [-0.4, -0.2) is 34.2 Å². The predicted molar refractivity (Wildman–Crippen MR) is 71.9 cm³/mol. The van der Waals surface area contributed by atoms with Crippen LogP contribution < -0.4 is 14.8 Å². The zero-order chi connectivity index (χ0) is 15.5. The minimum atomic E-state index is -4.58. The molecule has 0 amide bonds.